The third-order valence-electron chi connectivity index (χ3n) is 5.77. The predicted molar refractivity (Wildman–Crippen MR) is 110 cm³/mol. The number of alkyl halides is 3. The maximum Gasteiger partial charge on any atom is 0.416 e. The molecule has 2 aromatic rings. The Morgan fingerprint density at radius 1 is 1.12 bits per heavy atom. The lowest BCUT2D eigenvalue weighted by atomic mass is 9.72. The van der Waals surface area contributed by atoms with Crippen molar-refractivity contribution < 1.29 is 32.2 Å². The minimum absolute atomic E-state index is 0.0297. The predicted octanol–water partition coefficient (Wildman–Crippen LogP) is 4.02. The van der Waals surface area contributed by atoms with Gasteiger partial charge in [-0.3, -0.25) is 9.59 Å². The Balaban J connectivity index is 1.25. The zero-order valence-corrected chi connectivity index (χ0v) is 17.2. The first-order valence-electron chi connectivity index (χ1n) is 10.4. The van der Waals surface area contributed by atoms with Crippen molar-refractivity contribution in [3.8, 4) is 5.75 Å². The Kier molecular flexibility index (Phi) is 6.36. The van der Waals surface area contributed by atoms with Crippen molar-refractivity contribution in [2.45, 2.75) is 37.6 Å². The van der Waals surface area contributed by atoms with Crippen LogP contribution in [0.3, 0.4) is 0 Å². The van der Waals surface area contributed by atoms with Gasteiger partial charge in [-0.1, -0.05) is 6.07 Å². The van der Waals surface area contributed by atoms with Gasteiger partial charge in [0.2, 0.25) is 0 Å². The van der Waals surface area contributed by atoms with Crippen LogP contribution in [0.1, 0.15) is 35.2 Å². The average Bonchev–Trinajstić information content (AvgIpc) is 2.76. The molecule has 4 rings (SSSR count). The molecule has 2 aromatic carbocycles. The van der Waals surface area contributed by atoms with Crippen LogP contribution in [-0.4, -0.2) is 37.2 Å². The van der Waals surface area contributed by atoms with E-state index in [4.69, 9.17) is 9.47 Å². The van der Waals surface area contributed by atoms with Crippen molar-refractivity contribution in [3.05, 3.63) is 59.7 Å². The summed E-state index contributed by atoms with van der Waals surface area (Å²) in [6.07, 6.45) is -1.33. The summed E-state index contributed by atoms with van der Waals surface area (Å²) < 4.78 is 49.3. The molecule has 0 aromatic heterocycles. The number of hydrogen-bond acceptors (Lipinski definition) is 4. The number of carbonyl (C=O) groups excluding carboxylic acids is 2. The molecule has 0 spiro atoms. The molecule has 0 unspecified atom stereocenters. The molecule has 3 atom stereocenters. The molecular formula is C23H23F3N2O4. The van der Waals surface area contributed by atoms with E-state index in [9.17, 15) is 22.8 Å². The van der Waals surface area contributed by atoms with Crippen LogP contribution in [0.4, 0.5) is 18.9 Å². The summed E-state index contributed by atoms with van der Waals surface area (Å²) in [5.74, 6) is -0.0241. The second-order valence-electron chi connectivity index (χ2n) is 7.97. The minimum Gasteiger partial charge on any atom is -0.484 e. The summed E-state index contributed by atoms with van der Waals surface area (Å²) in [7, 11) is 0. The van der Waals surface area contributed by atoms with E-state index in [1.165, 1.54) is 12.1 Å². The lowest BCUT2D eigenvalue weighted by molar-refractivity contribution is -0.137. The number of rotatable bonds is 6. The van der Waals surface area contributed by atoms with E-state index in [2.05, 4.69) is 10.6 Å². The Hall–Kier alpha value is -3.07. The van der Waals surface area contributed by atoms with Gasteiger partial charge in [-0.25, -0.2) is 0 Å². The van der Waals surface area contributed by atoms with E-state index in [0.717, 1.165) is 38.0 Å². The number of amides is 2. The molecule has 32 heavy (non-hydrogen) atoms. The summed E-state index contributed by atoms with van der Waals surface area (Å²) in [6, 6.07) is 10.8. The summed E-state index contributed by atoms with van der Waals surface area (Å²) >= 11 is 0. The third-order valence-corrected chi connectivity index (χ3v) is 5.77. The van der Waals surface area contributed by atoms with Crippen molar-refractivity contribution in [2.75, 3.05) is 18.5 Å². The normalized spacial score (nSPS) is 22.3. The number of halogens is 3. The summed E-state index contributed by atoms with van der Waals surface area (Å²) in [5, 5.41) is 5.41. The van der Waals surface area contributed by atoms with Crippen molar-refractivity contribution in [1.29, 1.82) is 0 Å². The monoisotopic (exact) mass is 448 g/mol. The van der Waals surface area contributed by atoms with Crippen LogP contribution in [0.5, 0.6) is 5.75 Å². The molecule has 2 aliphatic rings. The number of hydrogen-bond donors (Lipinski definition) is 2. The summed E-state index contributed by atoms with van der Waals surface area (Å²) in [5.41, 5.74) is -0.341. The van der Waals surface area contributed by atoms with Gasteiger partial charge < -0.3 is 20.1 Å². The molecule has 9 heteroatoms. The van der Waals surface area contributed by atoms with Crippen molar-refractivity contribution >= 4 is 17.5 Å². The Bertz CT molecular complexity index is 978. The van der Waals surface area contributed by atoms with Gasteiger partial charge in [0.05, 0.1) is 11.7 Å². The molecule has 1 aliphatic heterocycles. The molecule has 0 radical (unpaired) electrons. The molecule has 1 saturated carbocycles. The molecule has 2 amide bonds. The van der Waals surface area contributed by atoms with Crippen LogP contribution in [-0.2, 0) is 15.7 Å². The van der Waals surface area contributed by atoms with Crippen LogP contribution in [0.2, 0.25) is 0 Å². The standard InChI is InChI=1S/C23H23F3N2O4/c24-23(25,26)15-3-1-4-16(11-15)27-21(29)13-32-17-8-6-14(7-9-17)22(30)28-19-12-20-18(19)5-2-10-31-20/h1,3-4,6-9,11,18-20H,2,5,10,12-13H2,(H,27,29)(H,28,30)/t18-,19+,20+/m0/s1. The summed E-state index contributed by atoms with van der Waals surface area (Å²) in [6.45, 7) is 0.411. The fourth-order valence-electron chi connectivity index (χ4n) is 4.04. The number of fused-ring (bicyclic) bond motifs is 1. The van der Waals surface area contributed by atoms with E-state index in [1.807, 2.05) is 0 Å². The van der Waals surface area contributed by atoms with Crippen LogP contribution in [0.15, 0.2) is 48.5 Å². The van der Waals surface area contributed by atoms with Gasteiger partial charge in [-0.15, -0.1) is 0 Å². The van der Waals surface area contributed by atoms with Crippen LogP contribution in [0, 0.1) is 5.92 Å². The number of anilines is 1. The highest BCUT2D eigenvalue weighted by Crippen LogP contribution is 2.38. The van der Waals surface area contributed by atoms with Crippen molar-refractivity contribution in [3.63, 3.8) is 0 Å². The minimum atomic E-state index is -4.49. The smallest absolute Gasteiger partial charge is 0.416 e. The van der Waals surface area contributed by atoms with E-state index in [0.29, 0.717) is 17.2 Å². The van der Waals surface area contributed by atoms with Gasteiger partial charge in [0.1, 0.15) is 5.75 Å². The van der Waals surface area contributed by atoms with Crippen molar-refractivity contribution in [2.24, 2.45) is 5.92 Å². The van der Waals surface area contributed by atoms with Gasteiger partial charge in [0, 0.05) is 29.8 Å². The number of benzene rings is 2. The number of carbonyl (C=O) groups is 2. The van der Waals surface area contributed by atoms with Gasteiger partial charge in [-0.05, 0) is 61.7 Å². The Labute approximate surface area is 183 Å². The highest BCUT2D eigenvalue weighted by atomic mass is 19.4. The molecule has 1 saturated heterocycles. The average molecular weight is 448 g/mol. The molecular weight excluding hydrogens is 425 g/mol. The molecule has 2 N–H and O–H groups in total. The molecule has 1 aliphatic carbocycles. The van der Waals surface area contributed by atoms with E-state index < -0.39 is 17.6 Å². The fraction of sp³-hybridized carbons (Fsp3) is 0.391. The number of nitrogens with one attached hydrogen (secondary N) is 2. The topological polar surface area (TPSA) is 76.7 Å². The first-order chi connectivity index (χ1) is 15.3. The summed E-state index contributed by atoms with van der Waals surface area (Å²) in [4.78, 5) is 24.5. The van der Waals surface area contributed by atoms with E-state index >= 15 is 0 Å². The Morgan fingerprint density at radius 3 is 2.62 bits per heavy atom. The van der Waals surface area contributed by atoms with Crippen LogP contribution < -0.4 is 15.4 Å². The lowest BCUT2D eigenvalue weighted by Crippen LogP contribution is -2.57. The van der Waals surface area contributed by atoms with Gasteiger partial charge in [0.15, 0.2) is 6.61 Å². The highest BCUT2D eigenvalue weighted by molar-refractivity contribution is 5.94. The third kappa shape index (κ3) is 5.21. The van der Waals surface area contributed by atoms with Crippen LogP contribution >= 0.6 is 0 Å². The molecule has 170 valence electrons. The maximum atomic E-state index is 12.8. The fourth-order valence-corrected chi connectivity index (χ4v) is 4.04. The SMILES string of the molecule is O=C(COc1ccc(C(=O)N[C@@H]2C[C@H]3OCCC[C@@H]23)cc1)Nc1cccc(C(F)(F)F)c1. The Morgan fingerprint density at radius 2 is 1.91 bits per heavy atom. The molecule has 1 heterocycles. The largest absolute Gasteiger partial charge is 0.484 e. The van der Waals surface area contributed by atoms with Gasteiger partial charge in [0.25, 0.3) is 11.8 Å². The molecule has 2 fully saturated rings. The maximum absolute atomic E-state index is 12.8. The van der Waals surface area contributed by atoms with Crippen molar-refractivity contribution in [1.82, 2.24) is 5.32 Å². The quantitative estimate of drug-likeness (QED) is 0.700. The first-order valence-corrected chi connectivity index (χ1v) is 10.4. The number of ether oxygens (including phenoxy) is 2. The second kappa shape index (κ2) is 9.20. The van der Waals surface area contributed by atoms with Gasteiger partial charge >= 0.3 is 6.18 Å². The zero-order valence-electron chi connectivity index (χ0n) is 17.2. The molecule has 0 bridgehead atoms. The first kappa shape index (κ1) is 22.1. The highest BCUT2D eigenvalue weighted by Gasteiger charge is 2.44. The second-order valence-corrected chi connectivity index (χ2v) is 7.97. The molecule has 6 nitrogen and oxygen atoms in total. The van der Waals surface area contributed by atoms with Gasteiger partial charge in [-0.2, -0.15) is 13.2 Å². The van der Waals surface area contributed by atoms with E-state index in [1.54, 1.807) is 24.3 Å². The zero-order chi connectivity index (χ0) is 22.7. The van der Waals surface area contributed by atoms with Crippen LogP contribution in [0.25, 0.3) is 0 Å². The van der Waals surface area contributed by atoms with E-state index in [-0.39, 0.29) is 30.3 Å². The lowest BCUT2D eigenvalue weighted by Gasteiger charge is -2.47.